The summed E-state index contributed by atoms with van der Waals surface area (Å²) in [5.41, 5.74) is 1.27. The van der Waals surface area contributed by atoms with Gasteiger partial charge in [0.2, 0.25) is 0 Å². The zero-order chi connectivity index (χ0) is 22.2. The SMILES string of the molecule is Cc1ccc(SOCCCCO[Si](c2ccccc2)(c2ccccc2)C(C)(C)C)cc1. The number of hydrogen-bond acceptors (Lipinski definition) is 3. The van der Waals surface area contributed by atoms with E-state index in [2.05, 4.69) is 113 Å². The fourth-order valence-electron chi connectivity index (χ4n) is 3.95. The molecule has 0 saturated heterocycles. The Bertz CT molecular complexity index is 866. The van der Waals surface area contributed by atoms with Crippen molar-refractivity contribution in [1.82, 2.24) is 0 Å². The van der Waals surface area contributed by atoms with Gasteiger partial charge in [-0.05, 0) is 47.3 Å². The first-order chi connectivity index (χ1) is 14.9. The first kappa shape index (κ1) is 23.8. The van der Waals surface area contributed by atoms with Gasteiger partial charge in [-0.2, -0.15) is 0 Å². The lowest BCUT2D eigenvalue weighted by atomic mass is 10.2. The molecule has 0 N–H and O–H groups in total. The molecule has 0 saturated carbocycles. The van der Waals surface area contributed by atoms with Crippen molar-refractivity contribution >= 4 is 30.7 Å². The van der Waals surface area contributed by atoms with Crippen molar-refractivity contribution < 1.29 is 8.61 Å². The third kappa shape index (κ3) is 6.10. The Balaban J connectivity index is 1.62. The Morgan fingerprint density at radius 1 is 0.710 bits per heavy atom. The third-order valence-electron chi connectivity index (χ3n) is 5.53. The highest BCUT2D eigenvalue weighted by Gasteiger charge is 2.49. The molecule has 164 valence electrons. The molecular formula is C27H34O2SSi. The summed E-state index contributed by atoms with van der Waals surface area (Å²) in [5.74, 6) is 0. The van der Waals surface area contributed by atoms with E-state index in [-0.39, 0.29) is 5.04 Å². The van der Waals surface area contributed by atoms with Crippen LogP contribution < -0.4 is 10.4 Å². The highest BCUT2D eigenvalue weighted by Crippen LogP contribution is 2.36. The third-order valence-corrected chi connectivity index (χ3v) is 11.3. The van der Waals surface area contributed by atoms with Gasteiger partial charge in [0, 0.05) is 23.5 Å². The topological polar surface area (TPSA) is 18.5 Å². The lowest BCUT2D eigenvalue weighted by Gasteiger charge is -2.43. The Labute approximate surface area is 193 Å². The van der Waals surface area contributed by atoms with Gasteiger partial charge in [-0.3, -0.25) is 0 Å². The maximum absolute atomic E-state index is 6.92. The maximum Gasteiger partial charge on any atom is 0.261 e. The molecule has 0 atom stereocenters. The number of benzene rings is 3. The second-order valence-electron chi connectivity index (χ2n) is 8.94. The summed E-state index contributed by atoms with van der Waals surface area (Å²) in [5, 5.41) is 2.69. The molecule has 0 bridgehead atoms. The maximum atomic E-state index is 6.92. The largest absolute Gasteiger partial charge is 0.407 e. The highest BCUT2D eigenvalue weighted by atomic mass is 32.2. The van der Waals surface area contributed by atoms with Crippen molar-refractivity contribution in [3.63, 3.8) is 0 Å². The van der Waals surface area contributed by atoms with Crippen LogP contribution in [0, 0.1) is 6.92 Å². The van der Waals surface area contributed by atoms with Crippen LogP contribution in [0.25, 0.3) is 0 Å². The summed E-state index contributed by atoms with van der Waals surface area (Å²) < 4.78 is 12.7. The van der Waals surface area contributed by atoms with Crippen LogP contribution in [-0.2, 0) is 8.61 Å². The Hall–Kier alpha value is -1.85. The first-order valence-electron chi connectivity index (χ1n) is 11.0. The normalized spacial score (nSPS) is 12.1. The van der Waals surface area contributed by atoms with Crippen LogP contribution >= 0.6 is 12.0 Å². The predicted octanol–water partition coefficient (Wildman–Crippen LogP) is 6.38. The van der Waals surface area contributed by atoms with Crippen LogP contribution in [0.4, 0.5) is 0 Å². The number of aryl methyl sites for hydroxylation is 1. The van der Waals surface area contributed by atoms with Gasteiger partial charge in [-0.15, -0.1) is 0 Å². The first-order valence-corrected chi connectivity index (χ1v) is 13.7. The molecule has 0 heterocycles. The summed E-state index contributed by atoms with van der Waals surface area (Å²) in [6.07, 6.45) is 1.97. The van der Waals surface area contributed by atoms with Gasteiger partial charge in [0.25, 0.3) is 8.32 Å². The summed E-state index contributed by atoms with van der Waals surface area (Å²) in [4.78, 5) is 1.15. The summed E-state index contributed by atoms with van der Waals surface area (Å²) in [7, 11) is -2.42. The molecule has 31 heavy (non-hydrogen) atoms. The average Bonchev–Trinajstić information content (AvgIpc) is 2.77. The molecule has 0 aliphatic heterocycles. The van der Waals surface area contributed by atoms with Crippen molar-refractivity contribution in [3.8, 4) is 0 Å². The lowest BCUT2D eigenvalue weighted by Crippen LogP contribution is -2.66. The molecule has 3 rings (SSSR count). The zero-order valence-electron chi connectivity index (χ0n) is 19.1. The molecule has 0 fully saturated rings. The molecule has 3 aromatic carbocycles. The lowest BCUT2D eigenvalue weighted by molar-refractivity contribution is 0.270. The fraction of sp³-hybridized carbons (Fsp3) is 0.333. The predicted molar refractivity (Wildman–Crippen MR) is 136 cm³/mol. The van der Waals surface area contributed by atoms with Gasteiger partial charge in [0.15, 0.2) is 0 Å². The molecule has 0 aromatic heterocycles. The van der Waals surface area contributed by atoms with Crippen molar-refractivity contribution in [1.29, 1.82) is 0 Å². The van der Waals surface area contributed by atoms with E-state index in [1.165, 1.54) is 28.0 Å². The Kier molecular flexibility index (Phi) is 8.56. The summed E-state index contributed by atoms with van der Waals surface area (Å²) in [6.45, 7) is 10.5. The number of unbranched alkanes of at least 4 members (excludes halogenated alkanes) is 1. The molecule has 2 nitrogen and oxygen atoms in total. The van der Waals surface area contributed by atoms with E-state index in [1.807, 2.05) is 0 Å². The van der Waals surface area contributed by atoms with Crippen LogP contribution in [0.15, 0.2) is 89.8 Å². The molecular weight excluding hydrogens is 416 g/mol. The Morgan fingerprint density at radius 2 is 1.23 bits per heavy atom. The number of hydrogen-bond donors (Lipinski definition) is 0. The zero-order valence-corrected chi connectivity index (χ0v) is 21.0. The second kappa shape index (κ2) is 11.1. The van der Waals surface area contributed by atoms with E-state index in [0.29, 0.717) is 0 Å². The van der Waals surface area contributed by atoms with Crippen LogP contribution in [0.5, 0.6) is 0 Å². The van der Waals surface area contributed by atoms with Crippen LogP contribution in [0.2, 0.25) is 5.04 Å². The molecule has 0 aliphatic carbocycles. The minimum atomic E-state index is -2.42. The van der Waals surface area contributed by atoms with Gasteiger partial charge in [-0.25, -0.2) is 0 Å². The van der Waals surface area contributed by atoms with E-state index >= 15 is 0 Å². The van der Waals surface area contributed by atoms with Crippen LogP contribution in [0.1, 0.15) is 39.2 Å². The van der Waals surface area contributed by atoms with E-state index in [9.17, 15) is 0 Å². The molecule has 0 unspecified atom stereocenters. The van der Waals surface area contributed by atoms with E-state index in [1.54, 1.807) is 0 Å². The van der Waals surface area contributed by atoms with Crippen molar-refractivity contribution in [2.24, 2.45) is 0 Å². The quantitative estimate of drug-likeness (QED) is 0.203. The minimum Gasteiger partial charge on any atom is -0.407 e. The highest BCUT2D eigenvalue weighted by molar-refractivity contribution is 7.94. The molecule has 0 aliphatic rings. The van der Waals surface area contributed by atoms with Crippen molar-refractivity contribution in [2.45, 2.75) is 50.5 Å². The smallest absolute Gasteiger partial charge is 0.261 e. The van der Waals surface area contributed by atoms with Gasteiger partial charge in [-0.1, -0.05) is 99.1 Å². The van der Waals surface area contributed by atoms with E-state index in [0.717, 1.165) is 31.0 Å². The monoisotopic (exact) mass is 450 g/mol. The van der Waals surface area contributed by atoms with Crippen molar-refractivity contribution in [2.75, 3.05) is 13.2 Å². The summed E-state index contributed by atoms with van der Waals surface area (Å²) >= 11 is 1.46. The minimum absolute atomic E-state index is 0.0213. The summed E-state index contributed by atoms with van der Waals surface area (Å²) in [6, 6.07) is 30.1. The van der Waals surface area contributed by atoms with Gasteiger partial charge in [0.05, 0.1) is 6.61 Å². The molecule has 0 amide bonds. The molecule has 3 aromatic rings. The van der Waals surface area contributed by atoms with E-state index in [4.69, 9.17) is 8.61 Å². The van der Waals surface area contributed by atoms with Gasteiger partial charge >= 0.3 is 0 Å². The standard InChI is InChI=1S/C27H34O2SSi/c1-23-17-19-24(20-18-23)30-28-21-11-12-22-29-31(27(2,3)4,25-13-7-5-8-14-25)26-15-9-6-10-16-26/h5-10,13-20H,11-12,21-22H2,1-4H3. The fourth-order valence-corrected chi connectivity index (χ4v) is 9.14. The van der Waals surface area contributed by atoms with Crippen molar-refractivity contribution in [3.05, 3.63) is 90.5 Å². The second-order valence-corrected chi connectivity index (χ2v) is 14.1. The van der Waals surface area contributed by atoms with Gasteiger partial charge in [0.1, 0.15) is 0 Å². The molecule has 4 heteroatoms. The number of rotatable bonds is 10. The molecule has 0 radical (unpaired) electrons. The molecule has 0 spiro atoms. The van der Waals surface area contributed by atoms with Crippen LogP contribution in [-0.4, -0.2) is 21.5 Å². The Morgan fingerprint density at radius 3 is 1.74 bits per heavy atom. The van der Waals surface area contributed by atoms with Gasteiger partial charge < -0.3 is 8.61 Å². The average molecular weight is 451 g/mol. The van der Waals surface area contributed by atoms with Crippen LogP contribution in [0.3, 0.4) is 0 Å². The van der Waals surface area contributed by atoms with E-state index < -0.39 is 8.32 Å².